The van der Waals surface area contributed by atoms with Crippen LogP contribution in [0.4, 0.5) is 5.69 Å². The number of aliphatic hydroxyl groups is 1. The van der Waals surface area contributed by atoms with Gasteiger partial charge in [-0.3, -0.25) is 0 Å². The van der Waals surface area contributed by atoms with E-state index in [1.807, 2.05) is 25.1 Å². The standard InChI is InChI=1S/C13H19NO2/c1-9-8-10(16-2)6-7-11(9)14-12-4-3-5-13(12)15/h6-8,12-15H,3-5H2,1-2H3/t12-,13-/m0/s1. The van der Waals surface area contributed by atoms with Crippen LogP contribution in [0.15, 0.2) is 18.2 Å². The summed E-state index contributed by atoms with van der Waals surface area (Å²) in [7, 11) is 1.67. The third kappa shape index (κ3) is 2.30. The molecule has 1 aliphatic carbocycles. The zero-order valence-corrected chi connectivity index (χ0v) is 9.86. The summed E-state index contributed by atoms with van der Waals surface area (Å²) < 4.78 is 5.16. The van der Waals surface area contributed by atoms with Crippen molar-refractivity contribution < 1.29 is 9.84 Å². The normalized spacial score (nSPS) is 24.4. The summed E-state index contributed by atoms with van der Waals surface area (Å²) in [6.07, 6.45) is 2.86. The quantitative estimate of drug-likeness (QED) is 0.823. The molecule has 0 aromatic heterocycles. The molecule has 1 fully saturated rings. The van der Waals surface area contributed by atoms with Crippen molar-refractivity contribution in [3.63, 3.8) is 0 Å². The van der Waals surface area contributed by atoms with Gasteiger partial charge in [0.1, 0.15) is 5.75 Å². The van der Waals surface area contributed by atoms with Gasteiger partial charge in [-0.1, -0.05) is 0 Å². The summed E-state index contributed by atoms with van der Waals surface area (Å²) >= 11 is 0. The molecule has 0 unspecified atom stereocenters. The van der Waals surface area contributed by atoms with Crippen LogP contribution in [0.2, 0.25) is 0 Å². The van der Waals surface area contributed by atoms with Crippen LogP contribution in [0.5, 0.6) is 5.75 Å². The van der Waals surface area contributed by atoms with Gasteiger partial charge in [0.15, 0.2) is 0 Å². The molecule has 1 aromatic carbocycles. The predicted octanol–water partition coefficient (Wildman–Crippen LogP) is 2.33. The van der Waals surface area contributed by atoms with E-state index in [-0.39, 0.29) is 12.1 Å². The first-order valence-corrected chi connectivity index (χ1v) is 5.80. The maximum atomic E-state index is 9.75. The molecule has 1 aromatic rings. The van der Waals surface area contributed by atoms with E-state index >= 15 is 0 Å². The summed E-state index contributed by atoms with van der Waals surface area (Å²) in [5.41, 5.74) is 2.24. The zero-order chi connectivity index (χ0) is 11.5. The molecular weight excluding hydrogens is 202 g/mol. The SMILES string of the molecule is COc1ccc(N[C@H]2CCC[C@@H]2O)c(C)c1. The lowest BCUT2D eigenvalue weighted by Gasteiger charge is -2.19. The summed E-state index contributed by atoms with van der Waals surface area (Å²) in [5.74, 6) is 0.870. The van der Waals surface area contributed by atoms with Crippen molar-refractivity contribution in [3.05, 3.63) is 23.8 Å². The Hall–Kier alpha value is -1.22. The zero-order valence-electron chi connectivity index (χ0n) is 9.86. The van der Waals surface area contributed by atoms with Crippen molar-refractivity contribution >= 4 is 5.69 Å². The molecule has 0 heterocycles. The number of hydrogen-bond donors (Lipinski definition) is 2. The van der Waals surface area contributed by atoms with E-state index in [4.69, 9.17) is 4.74 Å². The molecule has 0 aliphatic heterocycles. The first-order chi connectivity index (χ1) is 7.70. The second-order valence-electron chi connectivity index (χ2n) is 4.43. The van der Waals surface area contributed by atoms with Gasteiger partial charge in [-0.2, -0.15) is 0 Å². The number of anilines is 1. The number of nitrogens with one attached hydrogen (secondary N) is 1. The highest BCUT2D eigenvalue weighted by Gasteiger charge is 2.25. The van der Waals surface area contributed by atoms with Crippen molar-refractivity contribution in [2.24, 2.45) is 0 Å². The van der Waals surface area contributed by atoms with Gasteiger partial charge in [-0.05, 0) is 49.9 Å². The van der Waals surface area contributed by atoms with Crippen molar-refractivity contribution in [2.45, 2.75) is 38.3 Å². The fourth-order valence-electron chi connectivity index (χ4n) is 2.23. The monoisotopic (exact) mass is 221 g/mol. The number of aliphatic hydroxyl groups excluding tert-OH is 1. The molecule has 0 amide bonds. The first-order valence-electron chi connectivity index (χ1n) is 5.80. The number of rotatable bonds is 3. The largest absolute Gasteiger partial charge is 0.497 e. The summed E-state index contributed by atoms with van der Waals surface area (Å²) in [5, 5.41) is 13.2. The summed E-state index contributed by atoms with van der Waals surface area (Å²) in [4.78, 5) is 0. The lowest BCUT2D eigenvalue weighted by Crippen LogP contribution is -2.28. The Kier molecular flexibility index (Phi) is 3.34. The smallest absolute Gasteiger partial charge is 0.119 e. The van der Waals surface area contributed by atoms with Crippen LogP contribution in [-0.4, -0.2) is 24.4 Å². The molecule has 0 saturated heterocycles. The minimum atomic E-state index is -0.207. The van der Waals surface area contributed by atoms with Gasteiger partial charge in [0, 0.05) is 5.69 Å². The molecule has 88 valence electrons. The molecule has 3 heteroatoms. The third-order valence-corrected chi connectivity index (χ3v) is 3.25. The van der Waals surface area contributed by atoms with E-state index in [0.29, 0.717) is 0 Å². The first kappa shape index (κ1) is 11.3. The van der Waals surface area contributed by atoms with Crippen LogP contribution in [0.25, 0.3) is 0 Å². The van der Waals surface area contributed by atoms with Gasteiger partial charge in [-0.25, -0.2) is 0 Å². The lowest BCUT2D eigenvalue weighted by atomic mass is 10.1. The molecule has 2 atom stereocenters. The average Bonchev–Trinajstić information content (AvgIpc) is 2.67. The summed E-state index contributed by atoms with van der Waals surface area (Å²) in [6, 6.07) is 6.16. The maximum Gasteiger partial charge on any atom is 0.119 e. The van der Waals surface area contributed by atoms with E-state index in [1.165, 1.54) is 0 Å². The van der Waals surface area contributed by atoms with Gasteiger partial charge < -0.3 is 15.2 Å². The van der Waals surface area contributed by atoms with E-state index < -0.39 is 0 Å². The second-order valence-corrected chi connectivity index (χ2v) is 4.43. The topological polar surface area (TPSA) is 41.5 Å². The third-order valence-electron chi connectivity index (χ3n) is 3.25. The molecular formula is C13H19NO2. The second kappa shape index (κ2) is 4.74. The van der Waals surface area contributed by atoms with Gasteiger partial charge in [0.2, 0.25) is 0 Å². The highest BCUT2D eigenvalue weighted by Crippen LogP contribution is 2.26. The molecule has 0 spiro atoms. The van der Waals surface area contributed by atoms with Crippen LogP contribution in [0.1, 0.15) is 24.8 Å². The molecule has 2 N–H and O–H groups in total. The Bertz CT molecular complexity index is 365. The van der Waals surface area contributed by atoms with Gasteiger partial charge in [0.05, 0.1) is 19.3 Å². The van der Waals surface area contributed by atoms with E-state index in [9.17, 15) is 5.11 Å². The Balaban J connectivity index is 2.09. The number of methoxy groups -OCH3 is 1. The Morgan fingerprint density at radius 3 is 2.75 bits per heavy atom. The fourth-order valence-corrected chi connectivity index (χ4v) is 2.23. The minimum Gasteiger partial charge on any atom is -0.497 e. The van der Waals surface area contributed by atoms with Gasteiger partial charge in [0.25, 0.3) is 0 Å². The molecule has 2 rings (SSSR count). The number of ether oxygens (including phenoxy) is 1. The molecule has 1 aliphatic rings. The maximum absolute atomic E-state index is 9.75. The van der Waals surface area contributed by atoms with Crippen LogP contribution in [-0.2, 0) is 0 Å². The van der Waals surface area contributed by atoms with Crippen molar-refractivity contribution in [3.8, 4) is 5.75 Å². The molecule has 3 nitrogen and oxygen atoms in total. The van der Waals surface area contributed by atoms with Crippen LogP contribution >= 0.6 is 0 Å². The lowest BCUT2D eigenvalue weighted by molar-refractivity contribution is 0.172. The Morgan fingerprint density at radius 1 is 1.38 bits per heavy atom. The van der Waals surface area contributed by atoms with E-state index in [2.05, 4.69) is 5.32 Å². The minimum absolute atomic E-state index is 0.201. The Labute approximate surface area is 96.4 Å². The summed E-state index contributed by atoms with van der Waals surface area (Å²) in [6.45, 7) is 2.05. The average molecular weight is 221 g/mol. The van der Waals surface area contributed by atoms with E-state index in [0.717, 1.165) is 36.3 Å². The highest BCUT2D eigenvalue weighted by atomic mass is 16.5. The fraction of sp³-hybridized carbons (Fsp3) is 0.538. The molecule has 1 saturated carbocycles. The van der Waals surface area contributed by atoms with Crippen molar-refractivity contribution in [1.29, 1.82) is 0 Å². The van der Waals surface area contributed by atoms with Crippen molar-refractivity contribution in [1.82, 2.24) is 0 Å². The molecule has 0 radical (unpaired) electrons. The van der Waals surface area contributed by atoms with Gasteiger partial charge >= 0.3 is 0 Å². The van der Waals surface area contributed by atoms with Crippen molar-refractivity contribution in [2.75, 3.05) is 12.4 Å². The predicted molar refractivity (Wildman–Crippen MR) is 65.0 cm³/mol. The molecule has 0 bridgehead atoms. The number of benzene rings is 1. The van der Waals surface area contributed by atoms with Crippen LogP contribution in [0.3, 0.4) is 0 Å². The van der Waals surface area contributed by atoms with Crippen LogP contribution < -0.4 is 10.1 Å². The van der Waals surface area contributed by atoms with Gasteiger partial charge in [-0.15, -0.1) is 0 Å². The number of hydrogen-bond acceptors (Lipinski definition) is 3. The van der Waals surface area contributed by atoms with E-state index in [1.54, 1.807) is 7.11 Å². The highest BCUT2D eigenvalue weighted by molar-refractivity contribution is 5.54. The van der Waals surface area contributed by atoms with Crippen LogP contribution in [0, 0.1) is 6.92 Å². The molecule has 16 heavy (non-hydrogen) atoms. The number of aryl methyl sites for hydroxylation is 1. The Morgan fingerprint density at radius 2 is 2.19 bits per heavy atom.